The van der Waals surface area contributed by atoms with E-state index in [-0.39, 0.29) is 18.9 Å². The number of aliphatic hydroxyl groups is 1. The van der Waals surface area contributed by atoms with Gasteiger partial charge in [0.05, 0.1) is 12.5 Å². The fourth-order valence-electron chi connectivity index (χ4n) is 1.05. The molecule has 0 rings (SSSR count). The van der Waals surface area contributed by atoms with Gasteiger partial charge in [0.15, 0.2) is 0 Å². The SMILES string of the molecule is CCC(=O)N[C@@H](C)C(=O)NC[C@@H](O)CC(=O)O. The van der Waals surface area contributed by atoms with Crippen molar-refractivity contribution in [3.05, 3.63) is 0 Å². The summed E-state index contributed by atoms with van der Waals surface area (Å²) < 4.78 is 0. The molecule has 0 saturated heterocycles. The molecule has 17 heavy (non-hydrogen) atoms. The maximum atomic E-state index is 11.4. The van der Waals surface area contributed by atoms with Crippen LogP contribution in [0.2, 0.25) is 0 Å². The second-order valence-corrected chi connectivity index (χ2v) is 3.64. The van der Waals surface area contributed by atoms with Crippen LogP contribution in [-0.4, -0.2) is 46.7 Å². The van der Waals surface area contributed by atoms with Gasteiger partial charge in [0.1, 0.15) is 6.04 Å². The lowest BCUT2D eigenvalue weighted by Gasteiger charge is -2.15. The molecule has 0 aromatic carbocycles. The van der Waals surface area contributed by atoms with Gasteiger partial charge < -0.3 is 20.8 Å². The summed E-state index contributed by atoms with van der Waals surface area (Å²) in [5, 5.41) is 22.4. The number of hydrogen-bond donors (Lipinski definition) is 4. The molecule has 7 heteroatoms. The first-order valence-electron chi connectivity index (χ1n) is 5.33. The summed E-state index contributed by atoms with van der Waals surface area (Å²) in [7, 11) is 0. The minimum Gasteiger partial charge on any atom is -0.481 e. The van der Waals surface area contributed by atoms with Crippen molar-refractivity contribution in [2.45, 2.75) is 38.8 Å². The predicted octanol–water partition coefficient (Wildman–Crippen LogP) is -1.15. The number of carboxylic acid groups (broad SMARTS) is 1. The molecule has 2 atom stereocenters. The van der Waals surface area contributed by atoms with Crippen LogP contribution in [-0.2, 0) is 14.4 Å². The molecule has 0 aromatic rings. The maximum absolute atomic E-state index is 11.4. The Labute approximate surface area is 99.2 Å². The number of amides is 2. The van der Waals surface area contributed by atoms with E-state index < -0.39 is 30.4 Å². The molecule has 98 valence electrons. The van der Waals surface area contributed by atoms with Crippen molar-refractivity contribution in [3.8, 4) is 0 Å². The third-order valence-corrected chi connectivity index (χ3v) is 2.01. The molecule has 0 aliphatic carbocycles. The van der Waals surface area contributed by atoms with Gasteiger partial charge in [-0.2, -0.15) is 0 Å². The van der Waals surface area contributed by atoms with Gasteiger partial charge in [0.2, 0.25) is 11.8 Å². The van der Waals surface area contributed by atoms with Gasteiger partial charge >= 0.3 is 5.97 Å². The lowest BCUT2D eigenvalue weighted by Crippen LogP contribution is -2.46. The fraction of sp³-hybridized carbons (Fsp3) is 0.700. The maximum Gasteiger partial charge on any atom is 0.306 e. The van der Waals surface area contributed by atoms with Crippen molar-refractivity contribution >= 4 is 17.8 Å². The van der Waals surface area contributed by atoms with E-state index in [1.165, 1.54) is 6.92 Å². The minimum atomic E-state index is -1.14. The number of nitrogens with one attached hydrogen (secondary N) is 2. The summed E-state index contributed by atoms with van der Waals surface area (Å²) in [4.78, 5) is 32.6. The van der Waals surface area contributed by atoms with Crippen molar-refractivity contribution < 1.29 is 24.6 Å². The third kappa shape index (κ3) is 7.29. The first-order valence-corrected chi connectivity index (χ1v) is 5.33. The second kappa shape index (κ2) is 7.61. The molecule has 0 aromatic heterocycles. The molecule has 0 aliphatic heterocycles. The highest BCUT2D eigenvalue weighted by molar-refractivity contribution is 5.87. The monoisotopic (exact) mass is 246 g/mol. The highest BCUT2D eigenvalue weighted by atomic mass is 16.4. The van der Waals surface area contributed by atoms with Crippen LogP contribution in [0.3, 0.4) is 0 Å². The van der Waals surface area contributed by atoms with Gasteiger partial charge in [-0.15, -0.1) is 0 Å². The number of aliphatic carboxylic acids is 1. The summed E-state index contributed by atoms with van der Waals surface area (Å²) in [6.07, 6.45) is -1.29. The number of carbonyl (C=O) groups is 3. The molecule has 0 saturated carbocycles. The van der Waals surface area contributed by atoms with Crippen molar-refractivity contribution in [3.63, 3.8) is 0 Å². The zero-order chi connectivity index (χ0) is 13.4. The lowest BCUT2D eigenvalue weighted by atomic mass is 10.2. The van der Waals surface area contributed by atoms with Gasteiger partial charge in [0, 0.05) is 13.0 Å². The fourth-order valence-corrected chi connectivity index (χ4v) is 1.05. The average Bonchev–Trinajstić information content (AvgIpc) is 2.24. The summed E-state index contributed by atoms with van der Waals surface area (Å²) in [5.41, 5.74) is 0. The van der Waals surface area contributed by atoms with Crippen molar-refractivity contribution in [2.75, 3.05) is 6.54 Å². The van der Waals surface area contributed by atoms with E-state index in [2.05, 4.69) is 10.6 Å². The Morgan fingerprint density at radius 3 is 2.35 bits per heavy atom. The van der Waals surface area contributed by atoms with Crippen LogP contribution in [0.1, 0.15) is 26.7 Å². The van der Waals surface area contributed by atoms with Crippen LogP contribution >= 0.6 is 0 Å². The largest absolute Gasteiger partial charge is 0.481 e. The van der Waals surface area contributed by atoms with Gasteiger partial charge in [-0.05, 0) is 6.92 Å². The molecule has 0 radical (unpaired) electrons. The molecular weight excluding hydrogens is 228 g/mol. The predicted molar refractivity (Wildman–Crippen MR) is 59.2 cm³/mol. The summed E-state index contributed by atoms with van der Waals surface area (Å²) in [6.45, 7) is 3.01. The number of carboxylic acids is 1. The van der Waals surface area contributed by atoms with Crippen LogP contribution in [0, 0.1) is 0 Å². The third-order valence-electron chi connectivity index (χ3n) is 2.01. The Kier molecular flexibility index (Phi) is 6.88. The van der Waals surface area contributed by atoms with Crippen LogP contribution in [0.5, 0.6) is 0 Å². The summed E-state index contributed by atoms with van der Waals surface area (Å²) in [6, 6.07) is -0.709. The highest BCUT2D eigenvalue weighted by Gasteiger charge is 2.16. The Balaban J connectivity index is 3.92. The van der Waals surface area contributed by atoms with Crippen LogP contribution in [0.25, 0.3) is 0 Å². The lowest BCUT2D eigenvalue weighted by molar-refractivity contribution is -0.139. The van der Waals surface area contributed by atoms with E-state index in [4.69, 9.17) is 5.11 Å². The van der Waals surface area contributed by atoms with Gasteiger partial charge in [0.25, 0.3) is 0 Å². The molecular formula is C10H18N2O5. The molecule has 0 fully saturated rings. The molecule has 0 heterocycles. The standard InChI is InChI=1S/C10H18N2O5/c1-3-8(14)12-6(2)10(17)11-5-7(13)4-9(15)16/h6-7,13H,3-5H2,1-2H3,(H,11,17)(H,12,14)(H,15,16)/t6-,7-/m0/s1. The number of aliphatic hydroxyl groups excluding tert-OH is 1. The Morgan fingerprint density at radius 2 is 1.88 bits per heavy atom. The summed E-state index contributed by atoms with van der Waals surface area (Å²) in [5.74, 6) is -1.85. The van der Waals surface area contributed by atoms with Crippen LogP contribution < -0.4 is 10.6 Å². The van der Waals surface area contributed by atoms with Gasteiger partial charge in [-0.1, -0.05) is 6.92 Å². The van der Waals surface area contributed by atoms with Gasteiger partial charge in [-0.25, -0.2) is 0 Å². The zero-order valence-corrected chi connectivity index (χ0v) is 9.90. The Bertz CT molecular complexity index is 292. The first-order chi connectivity index (χ1) is 7.86. The van der Waals surface area contributed by atoms with E-state index in [1.54, 1.807) is 6.92 Å². The topological polar surface area (TPSA) is 116 Å². The molecule has 4 N–H and O–H groups in total. The number of rotatable bonds is 7. The smallest absolute Gasteiger partial charge is 0.306 e. The normalized spacial score (nSPS) is 13.6. The van der Waals surface area contributed by atoms with Crippen molar-refractivity contribution in [1.29, 1.82) is 0 Å². The molecule has 0 bridgehead atoms. The quantitative estimate of drug-likeness (QED) is 0.453. The van der Waals surface area contributed by atoms with Crippen LogP contribution in [0.4, 0.5) is 0 Å². The number of carbonyl (C=O) groups excluding carboxylic acids is 2. The van der Waals surface area contributed by atoms with E-state index in [0.717, 1.165) is 0 Å². The zero-order valence-electron chi connectivity index (χ0n) is 9.90. The molecule has 0 unspecified atom stereocenters. The minimum absolute atomic E-state index is 0.155. The number of hydrogen-bond acceptors (Lipinski definition) is 4. The van der Waals surface area contributed by atoms with E-state index >= 15 is 0 Å². The summed E-state index contributed by atoms with van der Waals surface area (Å²) >= 11 is 0. The molecule has 0 spiro atoms. The molecule has 7 nitrogen and oxygen atoms in total. The average molecular weight is 246 g/mol. The first kappa shape index (κ1) is 15.4. The Morgan fingerprint density at radius 1 is 1.29 bits per heavy atom. The molecule has 0 aliphatic rings. The Hall–Kier alpha value is -1.63. The van der Waals surface area contributed by atoms with Crippen molar-refractivity contribution in [1.82, 2.24) is 10.6 Å². The van der Waals surface area contributed by atoms with E-state index in [0.29, 0.717) is 0 Å². The highest BCUT2D eigenvalue weighted by Crippen LogP contribution is 1.91. The van der Waals surface area contributed by atoms with Gasteiger partial charge in [-0.3, -0.25) is 14.4 Å². The van der Waals surface area contributed by atoms with Crippen LogP contribution in [0.15, 0.2) is 0 Å². The molecule has 2 amide bonds. The van der Waals surface area contributed by atoms with E-state index in [9.17, 15) is 19.5 Å². The van der Waals surface area contributed by atoms with E-state index in [1.807, 2.05) is 0 Å². The second-order valence-electron chi connectivity index (χ2n) is 3.64. The van der Waals surface area contributed by atoms with Crippen molar-refractivity contribution in [2.24, 2.45) is 0 Å².